The summed E-state index contributed by atoms with van der Waals surface area (Å²) in [5.41, 5.74) is 0.517. The van der Waals surface area contributed by atoms with E-state index in [9.17, 15) is 20.1 Å². The van der Waals surface area contributed by atoms with Crippen LogP contribution in [0.15, 0.2) is 30.3 Å². The first kappa shape index (κ1) is 15.9. The monoisotopic (exact) mass is 332 g/mol. The number of methoxy groups -OCH3 is 2. The first-order valence-electron chi connectivity index (χ1n) is 7.13. The summed E-state index contributed by atoms with van der Waals surface area (Å²) in [7, 11) is 2.74. The topological polar surface area (TPSA) is 105 Å². The average molecular weight is 332 g/mol. The highest BCUT2D eigenvalue weighted by molar-refractivity contribution is 6.05. The number of aliphatic hydroxyl groups excluding tert-OH is 1. The zero-order chi connectivity index (χ0) is 17.4. The number of benzene rings is 2. The van der Waals surface area contributed by atoms with E-state index in [1.54, 1.807) is 0 Å². The molecule has 24 heavy (non-hydrogen) atoms. The largest absolute Gasteiger partial charge is 0.508 e. The lowest BCUT2D eigenvalue weighted by Crippen LogP contribution is -2.36. The molecule has 2 unspecified atom stereocenters. The standard InChI is InChI=1S/C17H16O7/c1-22-11-5-8(3-4-10(11)19)17-16(21)15(20)14-12(23-2)6-9(18)7-13(14)24-17/h3-7,16-19,21H,1-2H3. The van der Waals surface area contributed by atoms with Crippen LogP contribution in [0.2, 0.25) is 0 Å². The summed E-state index contributed by atoms with van der Waals surface area (Å²) < 4.78 is 15.8. The minimum Gasteiger partial charge on any atom is -0.508 e. The van der Waals surface area contributed by atoms with Gasteiger partial charge in [0.1, 0.15) is 22.8 Å². The zero-order valence-electron chi connectivity index (χ0n) is 13.0. The van der Waals surface area contributed by atoms with E-state index >= 15 is 0 Å². The van der Waals surface area contributed by atoms with Crippen LogP contribution in [0.3, 0.4) is 0 Å². The summed E-state index contributed by atoms with van der Waals surface area (Å²) in [6, 6.07) is 6.93. The summed E-state index contributed by atoms with van der Waals surface area (Å²) in [5.74, 6) is -0.357. The smallest absolute Gasteiger partial charge is 0.202 e. The van der Waals surface area contributed by atoms with Gasteiger partial charge >= 0.3 is 0 Å². The molecule has 2 aromatic rings. The predicted octanol–water partition coefficient (Wildman–Crippen LogP) is 1.79. The number of fused-ring (bicyclic) bond motifs is 1. The second-order valence-corrected chi connectivity index (χ2v) is 5.30. The van der Waals surface area contributed by atoms with Crippen molar-refractivity contribution in [3.63, 3.8) is 0 Å². The van der Waals surface area contributed by atoms with Crippen LogP contribution in [-0.2, 0) is 0 Å². The van der Waals surface area contributed by atoms with Crippen LogP contribution in [0, 0.1) is 0 Å². The number of hydrogen-bond donors (Lipinski definition) is 3. The van der Waals surface area contributed by atoms with Gasteiger partial charge in [0.05, 0.1) is 14.2 Å². The van der Waals surface area contributed by atoms with Crippen molar-refractivity contribution in [3.8, 4) is 28.7 Å². The molecule has 2 aromatic carbocycles. The Labute approximate surface area is 137 Å². The number of aliphatic hydroxyl groups is 1. The Balaban J connectivity index is 2.08. The number of hydrogen-bond acceptors (Lipinski definition) is 7. The maximum Gasteiger partial charge on any atom is 0.202 e. The molecule has 7 heteroatoms. The number of phenolic OH excluding ortho intramolecular Hbond substituents is 2. The summed E-state index contributed by atoms with van der Waals surface area (Å²) in [6.07, 6.45) is -2.48. The Hall–Kier alpha value is -2.93. The van der Waals surface area contributed by atoms with Crippen molar-refractivity contribution < 1.29 is 34.3 Å². The van der Waals surface area contributed by atoms with Gasteiger partial charge in [-0.05, 0) is 17.7 Å². The van der Waals surface area contributed by atoms with Gasteiger partial charge in [0.15, 0.2) is 23.7 Å². The first-order chi connectivity index (χ1) is 11.5. The summed E-state index contributed by atoms with van der Waals surface area (Å²) >= 11 is 0. The molecule has 0 saturated heterocycles. The van der Waals surface area contributed by atoms with Gasteiger partial charge in [-0.1, -0.05) is 6.07 Å². The SMILES string of the molecule is COc1cc(C2Oc3cc(O)cc(OC)c3C(=O)C2O)ccc1O. The molecule has 0 amide bonds. The molecule has 2 atom stereocenters. The van der Waals surface area contributed by atoms with Crippen molar-refractivity contribution in [1.82, 2.24) is 0 Å². The van der Waals surface area contributed by atoms with Crippen molar-refractivity contribution in [1.29, 1.82) is 0 Å². The van der Waals surface area contributed by atoms with Crippen molar-refractivity contribution in [3.05, 3.63) is 41.5 Å². The Morgan fingerprint density at radius 3 is 2.42 bits per heavy atom. The Morgan fingerprint density at radius 2 is 1.75 bits per heavy atom. The number of phenols is 2. The molecule has 7 nitrogen and oxygen atoms in total. The molecule has 3 rings (SSSR count). The molecule has 0 aliphatic carbocycles. The van der Waals surface area contributed by atoms with E-state index < -0.39 is 18.0 Å². The fourth-order valence-electron chi connectivity index (χ4n) is 2.68. The molecule has 1 aliphatic heterocycles. The van der Waals surface area contributed by atoms with Gasteiger partial charge in [-0.25, -0.2) is 0 Å². The molecule has 126 valence electrons. The summed E-state index contributed by atoms with van der Waals surface area (Å²) in [5, 5.41) is 29.8. The quantitative estimate of drug-likeness (QED) is 0.787. The highest BCUT2D eigenvalue weighted by Crippen LogP contribution is 2.43. The first-order valence-corrected chi connectivity index (χ1v) is 7.13. The number of aromatic hydroxyl groups is 2. The van der Waals surface area contributed by atoms with Gasteiger partial charge < -0.3 is 29.5 Å². The lowest BCUT2D eigenvalue weighted by atomic mass is 9.92. The van der Waals surface area contributed by atoms with E-state index in [1.807, 2.05) is 0 Å². The lowest BCUT2D eigenvalue weighted by Gasteiger charge is -2.30. The predicted molar refractivity (Wildman–Crippen MR) is 83.0 cm³/mol. The van der Waals surface area contributed by atoms with Gasteiger partial charge in [0.2, 0.25) is 5.78 Å². The highest BCUT2D eigenvalue weighted by atomic mass is 16.5. The molecule has 0 bridgehead atoms. The second-order valence-electron chi connectivity index (χ2n) is 5.30. The van der Waals surface area contributed by atoms with Crippen molar-refractivity contribution in [2.75, 3.05) is 14.2 Å². The summed E-state index contributed by atoms with van der Waals surface area (Å²) in [6.45, 7) is 0. The van der Waals surface area contributed by atoms with E-state index in [-0.39, 0.29) is 34.3 Å². The Bertz CT molecular complexity index is 800. The van der Waals surface area contributed by atoms with Crippen LogP contribution in [-0.4, -0.2) is 41.4 Å². The van der Waals surface area contributed by atoms with Crippen LogP contribution >= 0.6 is 0 Å². The van der Waals surface area contributed by atoms with Crippen LogP contribution in [0.5, 0.6) is 28.7 Å². The van der Waals surface area contributed by atoms with Crippen molar-refractivity contribution >= 4 is 5.78 Å². The van der Waals surface area contributed by atoms with Gasteiger partial charge in [-0.15, -0.1) is 0 Å². The average Bonchev–Trinajstić information content (AvgIpc) is 2.57. The lowest BCUT2D eigenvalue weighted by molar-refractivity contribution is 0.0209. The van der Waals surface area contributed by atoms with Crippen LogP contribution in [0.4, 0.5) is 0 Å². The van der Waals surface area contributed by atoms with Crippen LogP contribution in [0.25, 0.3) is 0 Å². The van der Waals surface area contributed by atoms with E-state index in [0.29, 0.717) is 5.56 Å². The summed E-state index contributed by atoms with van der Waals surface area (Å²) in [4.78, 5) is 12.5. The van der Waals surface area contributed by atoms with Gasteiger partial charge in [-0.2, -0.15) is 0 Å². The van der Waals surface area contributed by atoms with Gasteiger partial charge in [-0.3, -0.25) is 4.79 Å². The normalized spacial score (nSPS) is 19.4. The molecule has 1 aliphatic rings. The van der Waals surface area contributed by atoms with Crippen molar-refractivity contribution in [2.24, 2.45) is 0 Å². The van der Waals surface area contributed by atoms with E-state index in [2.05, 4.69) is 0 Å². The number of ether oxygens (including phenoxy) is 3. The Kier molecular flexibility index (Phi) is 3.94. The van der Waals surface area contributed by atoms with E-state index in [0.717, 1.165) is 0 Å². The fourth-order valence-corrected chi connectivity index (χ4v) is 2.68. The molecule has 3 N–H and O–H groups in total. The van der Waals surface area contributed by atoms with E-state index in [4.69, 9.17) is 14.2 Å². The third-order valence-corrected chi connectivity index (χ3v) is 3.86. The highest BCUT2D eigenvalue weighted by Gasteiger charge is 2.39. The molecule has 0 aromatic heterocycles. The van der Waals surface area contributed by atoms with E-state index in [1.165, 1.54) is 44.6 Å². The Morgan fingerprint density at radius 1 is 1.04 bits per heavy atom. The minimum absolute atomic E-state index is 0.0717. The molecule has 0 radical (unpaired) electrons. The van der Waals surface area contributed by atoms with Crippen LogP contribution in [0.1, 0.15) is 22.0 Å². The maximum absolute atomic E-state index is 12.5. The van der Waals surface area contributed by atoms with Gasteiger partial charge in [0.25, 0.3) is 0 Å². The maximum atomic E-state index is 12.5. The second kappa shape index (κ2) is 5.93. The number of ketones is 1. The van der Waals surface area contributed by atoms with Gasteiger partial charge in [0, 0.05) is 12.1 Å². The minimum atomic E-state index is -1.47. The van der Waals surface area contributed by atoms with Crippen LogP contribution < -0.4 is 14.2 Å². The molecule has 0 spiro atoms. The molecule has 0 fully saturated rings. The molecule has 0 saturated carbocycles. The molecular formula is C17H16O7. The zero-order valence-corrected chi connectivity index (χ0v) is 13.0. The number of rotatable bonds is 3. The fraction of sp³-hybridized carbons (Fsp3) is 0.235. The molecule has 1 heterocycles. The molecular weight excluding hydrogens is 316 g/mol. The number of carbonyl (C=O) groups is 1. The van der Waals surface area contributed by atoms with Crippen molar-refractivity contribution in [2.45, 2.75) is 12.2 Å². The third kappa shape index (κ3) is 2.48. The number of carbonyl (C=O) groups excluding carboxylic acids is 1. The number of Topliss-reactive ketones (excluding diaryl/α,β-unsaturated/α-hetero) is 1. The third-order valence-electron chi connectivity index (χ3n) is 3.86.